The van der Waals surface area contributed by atoms with Crippen LogP contribution in [0.25, 0.3) is 0 Å². The highest BCUT2D eigenvalue weighted by atomic mass is 16.5. The van der Waals surface area contributed by atoms with Crippen LogP contribution in [-0.4, -0.2) is 18.0 Å². The van der Waals surface area contributed by atoms with Gasteiger partial charge in [-0.1, -0.05) is 40.0 Å². The molecule has 0 aromatic rings. The first-order chi connectivity index (χ1) is 8.10. The van der Waals surface area contributed by atoms with Crippen molar-refractivity contribution in [2.45, 2.75) is 77.9 Å². The summed E-state index contributed by atoms with van der Waals surface area (Å²) in [6.07, 6.45) is 8.52. The van der Waals surface area contributed by atoms with Gasteiger partial charge in [0.1, 0.15) is 5.78 Å². The molecule has 2 aliphatic rings. The molecule has 2 heteroatoms. The van der Waals surface area contributed by atoms with Gasteiger partial charge in [0.05, 0.1) is 17.6 Å². The van der Waals surface area contributed by atoms with E-state index >= 15 is 0 Å². The number of hydrogen-bond acceptors (Lipinski definition) is 2. The topological polar surface area (TPSA) is 26.3 Å². The van der Waals surface area contributed by atoms with Gasteiger partial charge in [0.15, 0.2) is 0 Å². The van der Waals surface area contributed by atoms with Crippen LogP contribution in [0.2, 0.25) is 0 Å². The maximum atomic E-state index is 11.7. The predicted molar refractivity (Wildman–Crippen MR) is 68.9 cm³/mol. The van der Waals surface area contributed by atoms with Gasteiger partial charge in [-0.3, -0.25) is 4.79 Å². The van der Waals surface area contributed by atoms with Crippen LogP contribution in [0, 0.1) is 11.3 Å². The number of Topliss-reactive ketones (excluding diaryl/α,β-unsaturated/α-hetero) is 1. The average Bonchev–Trinajstić information content (AvgIpc) is 2.37. The third-order valence-electron chi connectivity index (χ3n) is 5.12. The van der Waals surface area contributed by atoms with E-state index in [9.17, 15) is 4.79 Å². The molecule has 0 aromatic heterocycles. The van der Waals surface area contributed by atoms with Crippen LogP contribution in [0.15, 0.2) is 0 Å². The molecule has 0 spiro atoms. The maximum absolute atomic E-state index is 11.7. The first kappa shape index (κ1) is 13.1. The second-order valence-electron chi connectivity index (χ2n) is 6.09. The molecule has 0 aromatic carbocycles. The molecule has 17 heavy (non-hydrogen) atoms. The van der Waals surface area contributed by atoms with Gasteiger partial charge in [-0.2, -0.15) is 0 Å². The number of carbonyl (C=O) groups excluding carboxylic acids is 1. The predicted octanol–water partition coefficient (Wildman–Crippen LogP) is 3.73. The second kappa shape index (κ2) is 5.09. The van der Waals surface area contributed by atoms with Crippen molar-refractivity contribution < 1.29 is 9.53 Å². The van der Waals surface area contributed by atoms with Crippen molar-refractivity contribution in [1.82, 2.24) is 0 Å². The van der Waals surface area contributed by atoms with Crippen LogP contribution >= 0.6 is 0 Å². The van der Waals surface area contributed by atoms with Gasteiger partial charge in [-0.05, 0) is 25.2 Å². The summed E-state index contributed by atoms with van der Waals surface area (Å²) >= 11 is 0. The second-order valence-corrected chi connectivity index (χ2v) is 6.09. The summed E-state index contributed by atoms with van der Waals surface area (Å²) in [4.78, 5) is 11.7. The Balaban J connectivity index is 1.87. The summed E-state index contributed by atoms with van der Waals surface area (Å²) in [5.41, 5.74) is -0.181. The minimum atomic E-state index is -0.181. The zero-order chi connectivity index (χ0) is 12.5. The smallest absolute Gasteiger partial charge is 0.143 e. The number of carbonyl (C=O) groups is 1. The Hall–Kier alpha value is -0.370. The summed E-state index contributed by atoms with van der Waals surface area (Å²) in [5.74, 6) is 1.24. The molecule has 0 N–H and O–H groups in total. The fourth-order valence-corrected chi connectivity index (χ4v) is 3.27. The molecule has 2 saturated carbocycles. The standard InChI is InChI=1S/C15H26O2/c1-4-11-7-6-8-12(9-11)17-14-10-13(16)15(14,3)5-2/h11-12,14H,4-10H2,1-3H3. The molecule has 0 bridgehead atoms. The zero-order valence-corrected chi connectivity index (χ0v) is 11.5. The van der Waals surface area contributed by atoms with Crippen LogP contribution in [-0.2, 0) is 9.53 Å². The molecule has 0 heterocycles. The molecule has 0 radical (unpaired) electrons. The largest absolute Gasteiger partial charge is 0.373 e. The van der Waals surface area contributed by atoms with Gasteiger partial charge in [-0.15, -0.1) is 0 Å². The summed E-state index contributed by atoms with van der Waals surface area (Å²) in [6, 6.07) is 0. The van der Waals surface area contributed by atoms with E-state index in [1.165, 1.54) is 32.1 Å². The highest BCUT2D eigenvalue weighted by Gasteiger charge is 2.51. The molecular formula is C15H26O2. The van der Waals surface area contributed by atoms with E-state index in [1.54, 1.807) is 0 Å². The van der Waals surface area contributed by atoms with Crippen molar-refractivity contribution >= 4 is 5.78 Å². The SMILES string of the molecule is CCC1CCCC(OC2CC(=O)C2(C)CC)C1. The lowest BCUT2D eigenvalue weighted by molar-refractivity contribution is -0.173. The van der Waals surface area contributed by atoms with E-state index in [-0.39, 0.29) is 11.5 Å². The van der Waals surface area contributed by atoms with Gasteiger partial charge in [-0.25, -0.2) is 0 Å². The van der Waals surface area contributed by atoms with E-state index in [1.807, 2.05) is 0 Å². The monoisotopic (exact) mass is 238 g/mol. The molecule has 2 nitrogen and oxygen atoms in total. The van der Waals surface area contributed by atoms with Crippen molar-refractivity contribution in [2.75, 3.05) is 0 Å². The van der Waals surface area contributed by atoms with Gasteiger partial charge in [0.25, 0.3) is 0 Å². The van der Waals surface area contributed by atoms with E-state index in [0.29, 0.717) is 18.3 Å². The fraction of sp³-hybridized carbons (Fsp3) is 0.933. The van der Waals surface area contributed by atoms with Gasteiger partial charge >= 0.3 is 0 Å². The van der Waals surface area contributed by atoms with Crippen LogP contribution in [0.5, 0.6) is 0 Å². The van der Waals surface area contributed by atoms with E-state index < -0.39 is 0 Å². The van der Waals surface area contributed by atoms with Gasteiger partial charge in [0, 0.05) is 6.42 Å². The lowest BCUT2D eigenvalue weighted by Crippen LogP contribution is -2.54. The molecule has 4 atom stereocenters. The molecule has 2 aliphatic carbocycles. The minimum Gasteiger partial charge on any atom is -0.373 e. The lowest BCUT2D eigenvalue weighted by Gasteiger charge is -2.46. The minimum absolute atomic E-state index is 0.181. The average molecular weight is 238 g/mol. The fourth-order valence-electron chi connectivity index (χ4n) is 3.27. The molecule has 0 saturated heterocycles. The van der Waals surface area contributed by atoms with Gasteiger partial charge < -0.3 is 4.74 Å². The summed E-state index contributed by atoms with van der Waals surface area (Å²) in [6.45, 7) is 6.45. The van der Waals surface area contributed by atoms with E-state index in [0.717, 1.165) is 12.3 Å². The Bertz CT molecular complexity index is 287. The normalized spacial score (nSPS) is 42.3. The summed E-state index contributed by atoms with van der Waals surface area (Å²) in [5, 5.41) is 0. The molecule has 98 valence electrons. The highest BCUT2D eigenvalue weighted by molar-refractivity contribution is 5.91. The number of hydrogen-bond donors (Lipinski definition) is 0. The van der Waals surface area contributed by atoms with Crippen LogP contribution < -0.4 is 0 Å². The maximum Gasteiger partial charge on any atom is 0.143 e. The number of ether oxygens (including phenoxy) is 1. The van der Waals surface area contributed by atoms with Crippen molar-refractivity contribution in [3.05, 3.63) is 0 Å². The summed E-state index contributed by atoms with van der Waals surface area (Å²) < 4.78 is 6.22. The Morgan fingerprint density at radius 2 is 2.12 bits per heavy atom. The molecule has 4 unspecified atom stereocenters. The van der Waals surface area contributed by atoms with Gasteiger partial charge in [0.2, 0.25) is 0 Å². The molecule has 0 aliphatic heterocycles. The van der Waals surface area contributed by atoms with Crippen LogP contribution in [0.4, 0.5) is 0 Å². The number of ketones is 1. The zero-order valence-electron chi connectivity index (χ0n) is 11.5. The third-order valence-corrected chi connectivity index (χ3v) is 5.12. The molecule has 2 rings (SSSR count). The quantitative estimate of drug-likeness (QED) is 0.746. The van der Waals surface area contributed by atoms with Crippen LogP contribution in [0.1, 0.15) is 65.7 Å². The molecular weight excluding hydrogens is 212 g/mol. The lowest BCUT2D eigenvalue weighted by atomic mass is 9.64. The Morgan fingerprint density at radius 3 is 2.71 bits per heavy atom. The number of rotatable bonds is 4. The van der Waals surface area contributed by atoms with Crippen molar-refractivity contribution in [3.8, 4) is 0 Å². The van der Waals surface area contributed by atoms with Crippen molar-refractivity contribution in [3.63, 3.8) is 0 Å². The Morgan fingerprint density at radius 1 is 1.35 bits per heavy atom. The first-order valence-corrected chi connectivity index (χ1v) is 7.29. The van der Waals surface area contributed by atoms with E-state index in [4.69, 9.17) is 4.74 Å². The molecule has 2 fully saturated rings. The third kappa shape index (κ3) is 2.42. The van der Waals surface area contributed by atoms with Crippen LogP contribution in [0.3, 0.4) is 0 Å². The summed E-state index contributed by atoms with van der Waals surface area (Å²) in [7, 11) is 0. The van der Waals surface area contributed by atoms with Crippen molar-refractivity contribution in [1.29, 1.82) is 0 Å². The van der Waals surface area contributed by atoms with Crippen molar-refractivity contribution in [2.24, 2.45) is 11.3 Å². The Kier molecular flexibility index (Phi) is 3.92. The van der Waals surface area contributed by atoms with E-state index in [2.05, 4.69) is 20.8 Å². The molecule has 0 amide bonds. The Labute approximate surface area is 105 Å². The highest BCUT2D eigenvalue weighted by Crippen LogP contribution is 2.44. The first-order valence-electron chi connectivity index (χ1n) is 7.29.